The molecule has 3 nitrogen and oxygen atoms in total. The maximum atomic E-state index is 11.9. The molecular formula is C16H23NO2S2. The minimum Gasteiger partial charge on any atom is -0.395 e. The van der Waals surface area contributed by atoms with E-state index in [1.807, 2.05) is 23.2 Å². The van der Waals surface area contributed by atoms with Gasteiger partial charge in [0.1, 0.15) is 0 Å². The fourth-order valence-corrected chi connectivity index (χ4v) is 3.00. The summed E-state index contributed by atoms with van der Waals surface area (Å²) in [5.74, 6) is 7.00. The van der Waals surface area contributed by atoms with Gasteiger partial charge in [0.25, 0.3) is 5.91 Å². The highest BCUT2D eigenvalue weighted by Gasteiger charge is 2.06. The molecule has 0 unspecified atom stereocenters. The maximum Gasteiger partial charge on any atom is 0.252 e. The van der Waals surface area contributed by atoms with Gasteiger partial charge in [-0.15, -0.1) is 11.3 Å². The summed E-state index contributed by atoms with van der Waals surface area (Å²) in [5.41, 5.74) is 0.677. The second kappa shape index (κ2) is 11.7. The minimum atomic E-state index is -0.0226. The van der Waals surface area contributed by atoms with Crippen molar-refractivity contribution in [2.75, 3.05) is 25.2 Å². The van der Waals surface area contributed by atoms with Gasteiger partial charge in [-0.2, -0.15) is 11.8 Å². The van der Waals surface area contributed by atoms with Crippen LogP contribution in [0.3, 0.4) is 0 Å². The summed E-state index contributed by atoms with van der Waals surface area (Å²) in [6, 6.07) is 1.81. The number of amides is 1. The van der Waals surface area contributed by atoms with Gasteiger partial charge in [0.15, 0.2) is 0 Å². The number of hydrogen-bond acceptors (Lipinski definition) is 4. The Morgan fingerprint density at radius 3 is 2.95 bits per heavy atom. The van der Waals surface area contributed by atoms with Gasteiger partial charge in [-0.1, -0.05) is 24.7 Å². The van der Waals surface area contributed by atoms with Gasteiger partial charge in [-0.05, 0) is 30.9 Å². The molecule has 1 heterocycles. The lowest BCUT2D eigenvalue weighted by atomic mass is 10.2. The summed E-state index contributed by atoms with van der Waals surface area (Å²) in [6.45, 7) is 0.808. The lowest BCUT2D eigenvalue weighted by Crippen LogP contribution is -2.23. The normalized spacial score (nSPS) is 10.0. The molecule has 1 aromatic heterocycles. The number of carbonyl (C=O) groups is 1. The maximum absolute atomic E-state index is 11.9. The number of rotatable bonds is 9. The van der Waals surface area contributed by atoms with Crippen molar-refractivity contribution >= 4 is 29.0 Å². The first-order valence-corrected chi connectivity index (χ1v) is 9.50. The minimum absolute atomic E-state index is 0.0226. The van der Waals surface area contributed by atoms with Crippen LogP contribution in [0.4, 0.5) is 0 Å². The Kier molecular flexibility index (Phi) is 10.1. The van der Waals surface area contributed by atoms with Gasteiger partial charge in [0.2, 0.25) is 0 Å². The molecule has 0 radical (unpaired) electrons. The molecule has 21 heavy (non-hydrogen) atoms. The number of nitrogens with one attached hydrogen (secondary N) is 1. The van der Waals surface area contributed by atoms with E-state index in [0.717, 1.165) is 17.8 Å². The molecule has 0 atom stereocenters. The van der Waals surface area contributed by atoms with E-state index in [0.29, 0.717) is 12.0 Å². The van der Waals surface area contributed by atoms with Gasteiger partial charge in [0, 0.05) is 18.3 Å². The van der Waals surface area contributed by atoms with Crippen molar-refractivity contribution in [3.05, 3.63) is 21.9 Å². The molecule has 0 saturated carbocycles. The van der Waals surface area contributed by atoms with Crippen LogP contribution in [0.25, 0.3) is 0 Å². The van der Waals surface area contributed by atoms with Crippen molar-refractivity contribution in [1.82, 2.24) is 5.32 Å². The van der Waals surface area contributed by atoms with E-state index in [1.165, 1.54) is 36.4 Å². The molecule has 5 heteroatoms. The third kappa shape index (κ3) is 8.15. The number of carbonyl (C=O) groups excluding carboxylic acids is 1. The van der Waals surface area contributed by atoms with Crippen LogP contribution in [0.15, 0.2) is 11.4 Å². The first kappa shape index (κ1) is 18.1. The number of thioether (sulfide) groups is 1. The van der Waals surface area contributed by atoms with Crippen LogP contribution < -0.4 is 5.32 Å². The summed E-state index contributed by atoms with van der Waals surface area (Å²) in [5, 5.41) is 13.4. The van der Waals surface area contributed by atoms with E-state index in [1.54, 1.807) is 0 Å². The molecule has 0 fully saturated rings. The molecule has 0 aliphatic rings. The van der Waals surface area contributed by atoms with E-state index in [2.05, 4.69) is 23.4 Å². The zero-order chi connectivity index (χ0) is 15.3. The van der Waals surface area contributed by atoms with Crippen molar-refractivity contribution in [2.24, 2.45) is 0 Å². The van der Waals surface area contributed by atoms with Crippen LogP contribution in [0.2, 0.25) is 0 Å². The highest BCUT2D eigenvalue weighted by atomic mass is 32.2. The van der Waals surface area contributed by atoms with Crippen LogP contribution in [-0.4, -0.2) is 36.2 Å². The Balaban J connectivity index is 2.22. The average molecular weight is 325 g/mol. The first-order chi connectivity index (χ1) is 10.3. The molecule has 1 amide bonds. The number of thiophene rings is 1. The molecule has 0 spiro atoms. The predicted molar refractivity (Wildman–Crippen MR) is 92.1 cm³/mol. The monoisotopic (exact) mass is 325 g/mol. The lowest BCUT2D eigenvalue weighted by Gasteiger charge is -2.03. The Hall–Kier alpha value is -0.960. The van der Waals surface area contributed by atoms with Crippen molar-refractivity contribution in [1.29, 1.82) is 0 Å². The van der Waals surface area contributed by atoms with Crippen molar-refractivity contribution in [2.45, 2.75) is 32.1 Å². The summed E-state index contributed by atoms with van der Waals surface area (Å²) in [4.78, 5) is 12.8. The van der Waals surface area contributed by atoms with Gasteiger partial charge in [-0.3, -0.25) is 4.79 Å². The Labute approximate surface area is 135 Å². The number of unbranched alkanes of at least 4 members (excludes halogenated alkanes) is 3. The zero-order valence-corrected chi connectivity index (χ0v) is 14.1. The summed E-state index contributed by atoms with van der Waals surface area (Å²) >= 11 is 3.35. The van der Waals surface area contributed by atoms with Crippen LogP contribution in [0, 0.1) is 11.8 Å². The number of aliphatic hydroxyl groups excluding tert-OH is 1. The first-order valence-electron chi connectivity index (χ1n) is 7.23. The highest BCUT2D eigenvalue weighted by molar-refractivity contribution is 7.98. The SMILES string of the molecule is CSCCCCCCNC(=O)c1csc(C#CCCO)c1. The van der Waals surface area contributed by atoms with Gasteiger partial charge < -0.3 is 10.4 Å². The van der Waals surface area contributed by atoms with E-state index in [-0.39, 0.29) is 12.5 Å². The van der Waals surface area contributed by atoms with Crippen LogP contribution in [0.1, 0.15) is 47.3 Å². The molecule has 0 aromatic carbocycles. The van der Waals surface area contributed by atoms with Crippen LogP contribution >= 0.6 is 23.1 Å². The Morgan fingerprint density at radius 1 is 1.38 bits per heavy atom. The summed E-state index contributed by atoms with van der Waals surface area (Å²) < 4.78 is 0. The Bertz CT molecular complexity index is 474. The largest absolute Gasteiger partial charge is 0.395 e. The fraction of sp³-hybridized carbons (Fsp3) is 0.562. The van der Waals surface area contributed by atoms with Gasteiger partial charge >= 0.3 is 0 Å². The highest BCUT2D eigenvalue weighted by Crippen LogP contribution is 2.13. The lowest BCUT2D eigenvalue weighted by molar-refractivity contribution is 0.0953. The third-order valence-electron chi connectivity index (χ3n) is 2.87. The molecule has 2 N–H and O–H groups in total. The summed E-state index contributed by atoms with van der Waals surface area (Å²) in [7, 11) is 0. The number of aliphatic hydroxyl groups is 1. The molecule has 1 rings (SSSR count). The van der Waals surface area contributed by atoms with E-state index in [9.17, 15) is 4.79 Å². The standard InChI is InChI=1S/C16H23NO2S2/c1-20-11-7-3-2-5-9-17-16(19)14-12-15(21-13-14)8-4-6-10-18/h12-13,18H,2-3,5-7,9-11H2,1H3,(H,17,19). The van der Waals surface area contributed by atoms with Gasteiger partial charge in [0.05, 0.1) is 17.0 Å². The van der Waals surface area contributed by atoms with Gasteiger partial charge in [-0.25, -0.2) is 0 Å². The van der Waals surface area contributed by atoms with E-state index in [4.69, 9.17) is 5.11 Å². The molecule has 0 aliphatic carbocycles. The van der Waals surface area contributed by atoms with Crippen molar-refractivity contribution in [3.63, 3.8) is 0 Å². The second-order valence-electron chi connectivity index (χ2n) is 4.64. The number of hydrogen-bond donors (Lipinski definition) is 2. The van der Waals surface area contributed by atoms with Crippen molar-refractivity contribution in [3.8, 4) is 11.8 Å². The predicted octanol–water partition coefficient (Wildman–Crippen LogP) is 3.14. The average Bonchev–Trinajstić information content (AvgIpc) is 2.95. The topological polar surface area (TPSA) is 49.3 Å². The Morgan fingerprint density at radius 2 is 2.19 bits per heavy atom. The zero-order valence-electron chi connectivity index (χ0n) is 12.5. The molecule has 0 saturated heterocycles. The second-order valence-corrected chi connectivity index (χ2v) is 6.53. The fourth-order valence-electron chi connectivity index (χ4n) is 1.76. The molecule has 1 aromatic rings. The quantitative estimate of drug-likeness (QED) is 0.542. The molecule has 0 aliphatic heterocycles. The van der Waals surface area contributed by atoms with Crippen LogP contribution in [0.5, 0.6) is 0 Å². The van der Waals surface area contributed by atoms with Crippen molar-refractivity contribution < 1.29 is 9.90 Å². The molecule has 116 valence electrons. The smallest absolute Gasteiger partial charge is 0.252 e. The van der Waals surface area contributed by atoms with E-state index < -0.39 is 0 Å². The van der Waals surface area contributed by atoms with Crippen LogP contribution in [-0.2, 0) is 0 Å². The van der Waals surface area contributed by atoms with E-state index >= 15 is 0 Å². The molecule has 0 bridgehead atoms. The third-order valence-corrected chi connectivity index (χ3v) is 4.41. The molecular weight excluding hydrogens is 302 g/mol. The summed E-state index contributed by atoms with van der Waals surface area (Å²) in [6.07, 6.45) is 7.30.